The van der Waals surface area contributed by atoms with Gasteiger partial charge in [-0.1, -0.05) is 0 Å². The molecule has 7 nitrogen and oxygen atoms in total. The van der Waals surface area contributed by atoms with E-state index < -0.39 is 0 Å². The standard InChI is InChI=1S/C19H24N6O/c1-11(2)22-19(26)25-9-5-4-6-15(25)17-16-13-7-8-20-18(13)21-10-14(16)23-12(3)24-17/h7-8,10-11,15H,4-6,9H2,1-3H3,(H,22,26)(H,23,24). The summed E-state index contributed by atoms with van der Waals surface area (Å²) in [6.45, 7) is 6.67. The summed E-state index contributed by atoms with van der Waals surface area (Å²) in [6, 6.07) is 2.07. The molecule has 1 fully saturated rings. The van der Waals surface area contributed by atoms with E-state index in [4.69, 9.17) is 0 Å². The number of urea groups is 1. The Kier molecular flexibility index (Phi) is 4.22. The smallest absolute Gasteiger partial charge is 0.318 e. The molecule has 0 spiro atoms. The molecule has 26 heavy (non-hydrogen) atoms. The Labute approximate surface area is 152 Å². The number of H-pyrrole nitrogens is 1. The third kappa shape index (κ3) is 2.87. The van der Waals surface area contributed by atoms with Crippen LogP contribution in [0.1, 0.15) is 50.7 Å². The number of hydrogen-bond donors (Lipinski definition) is 2. The van der Waals surface area contributed by atoms with Crippen molar-refractivity contribution in [1.29, 1.82) is 0 Å². The summed E-state index contributed by atoms with van der Waals surface area (Å²) in [6.07, 6.45) is 6.60. The van der Waals surface area contributed by atoms with Gasteiger partial charge in [-0.15, -0.1) is 0 Å². The molecule has 0 saturated carbocycles. The summed E-state index contributed by atoms with van der Waals surface area (Å²) < 4.78 is 0. The SMILES string of the molecule is Cc1nc2cnc3nccc3c2c(C2CCCCN2C(=O)NC(C)C)[nH]1. The first kappa shape index (κ1) is 16.8. The largest absolute Gasteiger partial charge is 0.345 e. The van der Waals surface area contributed by atoms with E-state index >= 15 is 0 Å². The van der Waals surface area contributed by atoms with E-state index in [9.17, 15) is 4.79 Å². The van der Waals surface area contributed by atoms with Gasteiger partial charge in [-0.05, 0) is 46.1 Å². The minimum absolute atomic E-state index is 0.00722. The van der Waals surface area contributed by atoms with Crippen molar-refractivity contribution in [1.82, 2.24) is 30.2 Å². The van der Waals surface area contributed by atoms with Crippen LogP contribution in [0.3, 0.4) is 0 Å². The lowest BCUT2D eigenvalue weighted by Gasteiger charge is -2.36. The summed E-state index contributed by atoms with van der Waals surface area (Å²) in [7, 11) is 0. The van der Waals surface area contributed by atoms with Crippen molar-refractivity contribution in [3.05, 3.63) is 30.0 Å². The molecule has 7 heteroatoms. The summed E-state index contributed by atoms with van der Waals surface area (Å²) in [5.41, 5.74) is 2.59. The van der Waals surface area contributed by atoms with E-state index in [1.807, 2.05) is 31.7 Å². The number of piperidine rings is 1. The van der Waals surface area contributed by atoms with Gasteiger partial charge >= 0.3 is 6.03 Å². The summed E-state index contributed by atoms with van der Waals surface area (Å²) in [4.78, 5) is 31.5. The molecule has 1 unspecified atom stereocenters. The van der Waals surface area contributed by atoms with Crippen molar-refractivity contribution < 1.29 is 4.79 Å². The number of aromatic amines is 1. The molecule has 1 aliphatic heterocycles. The van der Waals surface area contributed by atoms with Crippen LogP contribution < -0.4 is 5.32 Å². The number of aryl methyl sites for hydroxylation is 1. The zero-order valence-corrected chi connectivity index (χ0v) is 15.4. The number of likely N-dealkylation sites (tertiary alicyclic amines) is 1. The maximum absolute atomic E-state index is 12.8. The van der Waals surface area contributed by atoms with Crippen molar-refractivity contribution >= 4 is 28.0 Å². The fourth-order valence-electron chi connectivity index (χ4n) is 3.84. The molecule has 4 heterocycles. The Hall–Kier alpha value is -2.70. The highest BCUT2D eigenvalue weighted by Gasteiger charge is 2.31. The molecule has 1 aliphatic rings. The quantitative estimate of drug-likeness (QED) is 0.739. The third-order valence-electron chi connectivity index (χ3n) is 4.90. The number of hydrogen-bond acceptors (Lipinski definition) is 4. The highest BCUT2D eigenvalue weighted by Crippen LogP contribution is 2.36. The minimum Gasteiger partial charge on any atom is -0.345 e. The second-order valence-electron chi connectivity index (χ2n) is 7.25. The van der Waals surface area contributed by atoms with Crippen molar-refractivity contribution in [2.24, 2.45) is 0 Å². The molecule has 4 rings (SSSR count). The van der Waals surface area contributed by atoms with E-state index in [0.717, 1.165) is 53.6 Å². The van der Waals surface area contributed by atoms with Crippen LogP contribution in [-0.2, 0) is 0 Å². The lowest BCUT2D eigenvalue weighted by molar-refractivity contribution is 0.148. The average Bonchev–Trinajstić information content (AvgIpc) is 3.09. The van der Waals surface area contributed by atoms with Crippen molar-refractivity contribution in [2.75, 3.05) is 6.54 Å². The van der Waals surface area contributed by atoms with Crippen molar-refractivity contribution in [2.45, 2.75) is 52.1 Å². The summed E-state index contributed by atoms with van der Waals surface area (Å²) in [5, 5.41) is 5.04. The second-order valence-corrected chi connectivity index (χ2v) is 7.25. The van der Waals surface area contributed by atoms with Crippen LogP contribution in [0.2, 0.25) is 0 Å². The Bertz CT molecular complexity index is 963. The first-order valence-electron chi connectivity index (χ1n) is 9.21. The lowest BCUT2D eigenvalue weighted by Crippen LogP contribution is -2.47. The van der Waals surface area contributed by atoms with Gasteiger partial charge in [-0.2, -0.15) is 0 Å². The molecular formula is C19H24N6O. The van der Waals surface area contributed by atoms with Crippen molar-refractivity contribution in [3.63, 3.8) is 0 Å². The zero-order valence-electron chi connectivity index (χ0n) is 15.4. The van der Waals surface area contributed by atoms with Gasteiger partial charge in [0, 0.05) is 35.2 Å². The number of nitrogens with zero attached hydrogens (tertiary/aromatic N) is 4. The number of carbonyl (C=O) groups is 1. The number of rotatable bonds is 2. The van der Waals surface area contributed by atoms with Gasteiger partial charge in [0.25, 0.3) is 0 Å². The molecule has 1 saturated heterocycles. The first-order valence-corrected chi connectivity index (χ1v) is 9.21. The second kappa shape index (κ2) is 6.55. The minimum atomic E-state index is -0.00773. The number of aromatic nitrogens is 4. The average molecular weight is 352 g/mol. The molecule has 3 aromatic rings. The van der Waals surface area contributed by atoms with Crippen LogP contribution >= 0.6 is 0 Å². The molecule has 2 amide bonds. The molecule has 0 aliphatic carbocycles. The predicted molar refractivity (Wildman–Crippen MR) is 101 cm³/mol. The molecule has 0 radical (unpaired) electrons. The number of carbonyl (C=O) groups excluding carboxylic acids is 1. The van der Waals surface area contributed by atoms with Crippen LogP contribution in [0.5, 0.6) is 0 Å². The van der Waals surface area contributed by atoms with E-state index in [0.29, 0.717) is 5.65 Å². The van der Waals surface area contributed by atoms with Gasteiger partial charge in [0.05, 0.1) is 17.8 Å². The number of fused-ring (bicyclic) bond motifs is 3. The predicted octanol–water partition coefficient (Wildman–Crippen LogP) is 3.46. The highest BCUT2D eigenvalue weighted by molar-refractivity contribution is 6.04. The van der Waals surface area contributed by atoms with Crippen LogP contribution in [0.15, 0.2) is 18.5 Å². The Morgan fingerprint density at radius 1 is 1.35 bits per heavy atom. The highest BCUT2D eigenvalue weighted by atomic mass is 16.2. The van der Waals surface area contributed by atoms with Gasteiger partial charge in [0.2, 0.25) is 0 Å². The maximum atomic E-state index is 12.8. The Morgan fingerprint density at radius 3 is 3.00 bits per heavy atom. The first-order chi connectivity index (χ1) is 12.5. The Balaban J connectivity index is 1.88. The van der Waals surface area contributed by atoms with Crippen molar-refractivity contribution in [3.8, 4) is 0 Å². The fourth-order valence-corrected chi connectivity index (χ4v) is 3.84. The van der Waals surface area contributed by atoms with E-state index in [-0.39, 0.29) is 18.1 Å². The van der Waals surface area contributed by atoms with E-state index in [1.54, 1.807) is 12.4 Å². The van der Waals surface area contributed by atoms with Gasteiger partial charge in [0.1, 0.15) is 5.82 Å². The fraction of sp³-hybridized carbons (Fsp3) is 0.474. The third-order valence-corrected chi connectivity index (χ3v) is 4.90. The van der Waals surface area contributed by atoms with E-state index in [2.05, 4.69) is 25.3 Å². The summed E-state index contributed by atoms with van der Waals surface area (Å²) >= 11 is 0. The van der Waals surface area contributed by atoms with Crippen LogP contribution in [0.4, 0.5) is 4.79 Å². The topological polar surface area (TPSA) is 86.8 Å². The van der Waals surface area contributed by atoms with Crippen LogP contribution in [-0.4, -0.2) is 43.5 Å². The molecule has 0 bridgehead atoms. The molecule has 2 N–H and O–H groups in total. The molecular weight excluding hydrogens is 328 g/mol. The zero-order chi connectivity index (χ0) is 18.3. The lowest BCUT2D eigenvalue weighted by atomic mass is 9.96. The number of amides is 2. The normalized spacial score (nSPS) is 18.0. The van der Waals surface area contributed by atoms with E-state index in [1.165, 1.54) is 0 Å². The maximum Gasteiger partial charge on any atom is 0.318 e. The van der Waals surface area contributed by atoms with Crippen LogP contribution in [0, 0.1) is 6.92 Å². The van der Waals surface area contributed by atoms with Gasteiger partial charge < -0.3 is 15.2 Å². The number of pyridine rings is 1. The van der Waals surface area contributed by atoms with Crippen LogP contribution in [0.25, 0.3) is 21.9 Å². The van der Waals surface area contributed by atoms with Gasteiger partial charge in [-0.3, -0.25) is 0 Å². The number of nitrogens with one attached hydrogen (secondary N) is 2. The van der Waals surface area contributed by atoms with Gasteiger partial charge in [0.15, 0.2) is 5.65 Å². The summed E-state index contributed by atoms with van der Waals surface area (Å²) in [5.74, 6) is 0.822. The molecule has 136 valence electrons. The van der Waals surface area contributed by atoms with Gasteiger partial charge in [-0.25, -0.2) is 19.7 Å². The monoisotopic (exact) mass is 352 g/mol. The molecule has 1 atom stereocenters. The molecule has 0 aromatic carbocycles. The Morgan fingerprint density at radius 2 is 2.19 bits per heavy atom. The molecule has 3 aromatic heterocycles.